The first-order valence-corrected chi connectivity index (χ1v) is 17.1. The Morgan fingerprint density at radius 1 is 0.909 bits per heavy atom. The first kappa shape index (κ1) is 36.8. The van der Waals surface area contributed by atoms with Crippen molar-refractivity contribution in [3.63, 3.8) is 0 Å². The van der Waals surface area contributed by atoms with Crippen molar-refractivity contribution in [3.05, 3.63) is 77.6 Å². The molecule has 2 aromatic heterocycles. The average molecular weight is 600 g/mol. The summed E-state index contributed by atoms with van der Waals surface area (Å²) in [4.78, 5) is 24.8. The molecule has 44 heavy (non-hydrogen) atoms. The van der Waals surface area contributed by atoms with Gasteiger partial charge >= 0.3 is 0 Å². The van der Waals surface area contributed by atoms with Gasteiger partial charge in [-0.2, -0.15) is 0 Å². The van der Waals surface area contributed by atoms with E-state index in [-0.39, 0.29) is 11.3 Å². The third kappa shape index (κ3) is 9.31. The van der Waals surface area contributed by atoms with Gasteiger partial charge in [0, 0.05) is 36.5 Å². The molecule has 0 unspecified atom stereocenters. The maximum absolute atomic E-state index is 11.0. The van der Waals surface area contributed by atoms with Gasteiger partial charge in [-0.15, -0.1) is 0 Å². The van der Waals surface area contributed by atoms with Crippen LogP contribution < -0.4 is 5.73 Å². The van der Waals surface area contributed by atoms with Crippen LogP contribution >= 0.6 is 0 Å². The third-order valence-electron chi connectivity index (χ3n) is 7.63. The third-order valence-corrected chi connectivity index (χ3v) is 7.63. The predicted molar refractivity (Wildman–Crippen MR) is 187 cm³/mol. The van der Waals surface area contributed by atoms with Crippen LogP contribution in [0.2, 0.25) is 0 Å². The smallest absolute Gasteiger partial charge is 0.159 e. The highest BCUT2D eigenvalue weighted by Gasteiger charge is 2.37. The summed E-state index contributed by atoms with van der Waals surface area (Å²) in [7, 11) is 0. The molecule has 4 aromatic rings. The average Bonchev–Trinajstić information content (AvgIpc) is 3.72. The minimum Gasteiger partial charge on any atom is -0.328 e. The number of fused-ring (bicyclic) bond motifs is 3. The number of hydrogen-bond acceptors (Lipinski definition) is 5. The number of carbonyl (C=O) groups excluding carboxylic acids is 1. The number of hydrogen-bond donors (Lipinski definition) is 1. The lowest BCUT2D eigenvalue weighted by molar-refractivity contribution is 0.101. The number of nitrogens with zero attached hydrogens (tertiary/aromatic N) is 4. The molecule has 1 aliphatic heterocycles. The van der Waals surface area contributed by atoms with Gasteiger partial charge in [0.2, 0.25) is 0 Å². The van der Waals surface area contributed by atoms with Crippen molar-refractivity contribution in [1.29, 1.82) is 0 Å². The van der Waals surface area contributed by atoms with Gasteiger partial charge in [0.15, 0.2) is 5.78 Å². The predicted octanol–water partition coefficient (Wildman–Crippen LogP) is 10.0. The number of Topliss-reactive ketones (excluding diaryl/α,β-unsaturated/α-hetero) is 1. The molecule has 2 aromatic carbocycles. The van der Waals surface area contributed by atoms with Crippen molar-refractivity contribution in [2.24, 2.45) is 5.73 Å². The zero-order chi connectivity index (χ0) is 32.7. The number of aryl methyl sites for hydroxylation is 2. The molecule has 0 bridgehead atoms. The van der Waals surface area contributed by atoms with Crippen LogP contribution in [0, 0.1) is 0 Å². The van der Waals surface area contributed by atoms with Crippen molar-refractivity contribution >= 4 is 16.8 Å². The number of carbonyl (C=O) groups is 1. The number of ketones is 1. The van der Waals surface area contributed by atoms with E-state index < -0.39 is 0 Å². The molecule has 0 radical (unpaired) electrons. The Hall–Kier alpha value is -3.38. The number of aromatic nitrogens is 4. The van der Waals surface area contributed by atoms with Gasteiger partial charge in [0.25, 0.3) is 0 Å². The molecule has 2 N–H and O–H groups in total. The van der Waals surface area contributed by atoms with Crippen LogP contribution in [-0.4, -0.2) is 25.3 Å². The van der Waals surface area contributed by atoms with Crippen LogP contribution in [0.5, 0.6) is 0 Å². The molecule has 0 amide bonds. The lowest BCUT2D eigenvalue weighted by atomic mass is 9.77. The zero-order valence-corrected chi connectivity index (χ0v) is 28.9. The molecule has 0 atom stereocenters. The molecule has 6 nitrogen and oxygen atoms in total. The van der Waals surface area contributed by atoms with Gasteiger partial charge in [-0.05, 0) is 80.7 Å². The van der Waals surface area contributed by atoms with Crippen LogP contribution in [-0.2, 0) is 18.5 Å². The van der Waals surface area contributed by atoms with Crippen molar-refractivity contribution < 1.29 is 4.79 Å². The molecule has 6 heteroatoms. The van der Waals surface area contributed by atoms with Crippen LogP contribution in [0.4, 0.5) is 0 Å². The SMILES string of the molecule is CC.CC.CC.CC(=O)c1cccc(C2CC2)c1.CCC.NC1(c2ncc(-c3ccc4nc5n(c4c3)CCC5)cn2)CCC1. The van der Waals surface area contributed by atoms with Gasteiger partial charge in [-0.1, -0.05) is 86.1 Å². The van der Waals surface area contributed by atoms with E-state index in [4.69, 9.17) is 10.7 Å². The highest BCUT2D eigenvalue weighted by atomic mass is 16.1. The number of benzene rings is 2. The maximum atomic E-state index is 11.0. The van der Waals surface area contributed by atoms with E-state index in [1.54, 1.807) is 6.92 Å². The Morgan fingerprint density at radius 3 is 2.09 bits per heavy atom. The van der Waals surface area contributed by atoms with E-state index in [0.29, 0.717) is 0 Å². The first-order valence-electron chi connectivity index (χ1n) is 17.1. The number of imidazole rings is 1. The lowest BCUT2D eigenvalue weighted by Crippen LogP contribution is -2.44. The van der Waals surface area contributed by atoms with Gasteiger partial charge in [0.05, 0.1) is 16.6 Å². The fourth-order valence-corrected chi connectivity index (χ4v) is 5.13. The molecule has 240 valence electrons. The zero-order valence-electron chi connectivity index (χ0n) is 28.9. The fraction of sp³-hybridized carbons (Fsp3) is 0.526. The van der Waals surface area contributed by atoms with Crippen LogP contribution in [0.1, 0.15) is 141 Å². The molecule has 0 spiro atoms. The summed E-state index contributed by atoms with van der Waals surface area (Å²) >= 11 is 0. The highest BCUT2D eigenvalue weighted by Crippen LogP contribution is 2.40. The monoisotopic (exact) mass is 599 g/mol. The highest BCUT2D eigenvalue weighted by molar-refractivity contribution is 5.94. The van der Waals surface area contributed by atoms with Gasteiger partial charge in [-0.3, -0.25) is 4.79 Å². The van der Waals surface area contributed by atoms with Crippen molar-refractivity contribution in [2.75, 3.05) is 0 Å². The quantitative estimate of drug-likeness (QED) is 0.236. The van der Waals surface area contributed by atoms with Crippen molar-refractivity contribution in [1.82, 2.24) is 19.5 Å². The number of nitrogens with two attached hydrogens (primary N) is 1. The Balaban J connectivity index is 0.000000272. The van der Waals surface area contributed by atoms with Crippen LogP contribution in [0.15, 0.2) is 54.9 Å². The Morgan fingerprint density at radius 2 is 1.55 bits per heavy atom. The molecule has 3 aliphatic rings. The minimum atomic E-state index is -0.297. The van der Waals surface area contributed by atoms with E-state index in [2.05, 4.69) is 52.6 Å². The van der Waals surface area contributed by atoms with Gasteiger partial charge < -0.3 is 10.3 Å². The van der Waals surface area contributed by atoms with E-state index in [1.165, 1.54) is 49.0 Å². The molecular weight excluding hydrogens is 542 g/mol. The van der Waals surface area contributed by atoms with E-state index in [0.717, 1.165) is 59.8 Å². The standard InChI is InChI=1S/C18H19N5.C11H12O.C3H8.3C2H6/c19-18(6-2-7-18)17-20-10-13(11-21-17)12-4-5-14-15(9-12)23-8-1-3-16(23)22-14;1-8(12)10-3-2-4-11(7-10)9-5-6-9;1-3-2;3*1-2/h4-5,9-11H,1-3,6-8,19H2;2-4,7,9H,5-6H2,1H3;3H2,1-2H3;3*1-2H3. The Bertz CT molecular complexity index is 1420. The number of rotatable bonds is 4. The second-order valence-electron chi connectivity index (χ2n) is 11.0. The summed E-state index contributed by atoms with van der Waals surface area (Å²) in [5.74, 6) is 2.89. The minimum absolute atomic E-state index is 0.164. The van der Waals surface area contributed by atoms with E-state index >= 15 is 0 Å². The van der Waals surface area contributed by atoms with Crippen molar-refractivity contribution in [2.45, 2.75) is 132 Å². The summed E-state index contributed by atoms with van der Waals surface area (Å²) < 4.78 is 2.33. The fourth-order valence-electron chi connectivity index (χ4n) is 5.13. The molecule has 2 saturated carbocycles. The van der Waals surface area contributed by atoms with E-state index in [9.17, 15) is 4.79 Å². The molecule has 0 saturated heterocycles. The van der Waals surface area contributed by atoms with Crippen LogP contribution in [0.3, 0.4) is 0 Å². The van der Waals surface area contributed by atoms with E-state index in [1.807, 2.05) is 72.1 Å². The largest absolute Gasteiger partial charge is 0.328 e. The summed E-state index contributed by atoms with van der Waals surface area (Å²) in [5, 5.41) is 0. The second kappa shape index (κ2) is 18.4. The summed E-state index contributed by atoms with van der Waals surface area (Å²) in [6, 6.07) is 14.4. The maximum Gasteiger partial charge on any atom is 0.159 e. The second-order valence-corrected chi connectivity index (χ2v) is 11.0. The Labute approximate surface area is 266 Å². The molecule has 7 rings (SSSR count). The summed E-state index contributed by atoms with van der Waals surface area (Å²) in [6.45, 7) is 18.9. The molecular formula is C38H57N5O. The van der Waals surface area contributed by atoms with Gasteiger partial charge in [0.1, 0.15) is 11.6 Å². The van der Waals surface area contributed by atoms with Crippen LogP contribution in [0.25, 0.3) is 22.2 Å². The summed E-state index contributed by atoms with van der Waals surface area (Å²) in [6.07, 6.45) is 13.1. The van der Waals surface area contributed by atoms with Gasteiger partial charge in [-0.25, -0.2) is 15.0 Å². The Kier molecular flexibility index (Phi) is 15.4. The van der Waals surface area contributed by atoms with Crippen molar-refractivity contribution in [3.8, 4) is 11.1 Å². The summed E-state index contributed by atoms with van der Waals surface area (Å²) in [5.41, 5.74) is 12.7. The molecule has 2 fully saturated rings. The topological polar surface area (TPSA) is 86.7 Å². The first-order chi connectivity index (χ1) is 21.4. The lowest BCUT2D eigenvalue weighted by Gasteiger charge is -2.36. The normalized spacial score (nSPS) is 15.0. The molecule has 3 heterocycles. The molecule has 2 aliphatic carbocycles.